The van der Waals surface area contributed by atoms with Crippen LogP contribution in [0.5, 0.6) is 0 Å². The van der Waals surface area contributed by atoms with E-state index in [-0.39, 0.29) is 40.4 Å². The first-order chi connectivity index (χ1) is 9.43. The van der Waals surface area contributed by atoms with Gasteiger partial charge >= 0.3 is 29.6 Å². The Hall–Kier alpha value is -0.650. The molecule has 0 aliphatic carbocycles. The standard InChI is InChI=1S/C16H18O3S.Na.H/c1-3-15(13-7-5-4-6-8-13)16-11-14(20(17,18)19)10-9-12(16)2;;/h4-11,15H,3H2,1-2H3,(H,17,18,19);;. The van der Waals surface area contributed by atoms with Gasteiger partial charge in [-0.2, -0.15) is 8.42 Å². The summed E-state index contributed by atoms with van der Waals surface area (Å²) in [6.45, 7) is 4.02. The molecule has 0 fully saturated rings. The van der Waals surface area contributed by atoms with Gasteiger partial charge in [-0.15, -0.1) is 0 Å². The molecule has 0 saturated heterocycles. The molecular formula is C16H19NaO3S. The summed E-state index contributed by atoms with van der Waals surface area (Å²) in [5, 5.41) is 0. The van der Waals surface area contributed by atoms with Gasteiger partial charge in [0.1, 0.15) is 0 Å². The van der Waals surface area contributed by atoms with Gasteiger partial charge in [0, 0.05) is 5.92 Å². The summed E-state index contributed by atoms with van der Waals surface area (Å²) in [6, 6.07) is 14.7. The fourth-order valence-electron chi connectivity index (χ4n) is 2.47. The van der Waals surface area contributed by atoms with Crippen molar-refractivity contribution in [2.24, 2.45) is 0 Å². The molecule has 5 heteroatoms. The molecule has 0 bridgehead atoms. The van der Waals surface area contributed by atoms with Crippen molar-refractivity contribution >= 4 is 39.7 Å². The van der Waals surface area contributed by atoms with Crippen LogP contribution in [0.2, 0.25) is 0 Å². The minimum atomic E-state index is -4.17. The van der Waals surface area contributed by atoms with E-state index in [4.69, 9.17) is 0 Å². The molecule has 2 rings (SSSR count). The number of hydrogen-bond acceptors (Lipinski definition) is 2. The number of aryl methyl sites for hydroxylation is 1. The van der Waals surface area contributed by atoms with Crippen LogP contribution in [-0.2, 0) is 10.1 Å². The van der Waals surface area contributed by atoms with Gasteiger partial charge in [-0.3, -0.25) is 4.55 Å². The van der Waals surface area contributed by atoms with Crippen LogP contribution >= 0.6 is 0 Å². The summed E-state index contributed by atoms with van der Waals surface area (Å²) >= 11 is 0. The summed E-state index contributed by atoms with van der Waals surface area (Å²) in [7, 11) is -4.17. The van der Waals surface area contributed by atoms with E-state index in [1.807, 2.05) is 37.3 Å². The Kier molecular flexibility index (Phi) is 6.63. The van der Waals surface area contributed by atoms with Crippen LogP contribution in [0, 0.1) is 6.92 Å². The van der Waals surface area contributed by atoms with Crippen molar-refractivity contribution in [3.05, 3.63) is 65.2 Å². The van der Waals surface area contributed by atoms with E-state index >= 15 is 0 Å². The molecule has 3 nitrogen and oxygen atoms in total. The van der Waals surface area contributed by atoms with Gasteiger partial charge in [-0.05, 0) is 42.2 Å². The third kappa shape index (κ3) is 4.41. The van der Waals surface area contributed by atoms with Crippen LogP contribution in [0.3, 0.4) is 0 Å². The SMILES string of the molecule is CCC(c1ccccc1)c1cc(S(=O)(=O)O)ccc1C.[NaH]. The maximum atomic E-state index is 11.3. The van der Waals surface area contributed by atoms with E-state index in [1.54, 1.807) is 12.1 Å². The van der Waals surface area contributed by atoms with Crippen LogP contribution in [0.25, 0.3) is 0 Å². The second-order valence-electron chi connectivity index (χ2n) is 4.86. The molecule has 1 atom stereocenters. The van der Waals surface area contributed by atoms with Crippen molar-refractivity contribution in [3.8, 4) is 0 Å². The van der Waals surface area contributed by atoms with Crippen molar-refractivity contribution in [1.29, 1.82) is 0 Å². The predicted octanol–water partition coefficient (Wildman–Crippen LogP) is 3.14. The third-order valence-electron chi connectivity index (χ3n) is 3.53. The molecular weight excluding hydrogens is 295 g/mol. The maximum absolute atomic E-state index is 11.3. The zero-order chi connectivity index (χ0) is 14.8. The van der Waals surface area contributed by atoms with Gasteiger partial charge in [0.15, 0.2) is 0 Å². The number of benzene rings is 2. The van der Waals surface area contributed by atoms with Crippen molar-refractivity contribution in [3.63, 3.8) is 0 Å². The Balaban J connectivity index is 0.00000220. The molecule has 0 radical (unpaired) electrons. The minimum absolute atomic E-state index is 0. The van der Waals surface area contributed by atoms with Gasteiger partial charge < -0.3 is 0 Å². The molecule has 1 unspecified atom stereocenters. The first-order valence-corrected chi connectivity index (χ1v) is 8.00. The molecule has 2 aromatic carbocycles. The first-order valence-electron chi connectivity index (χ1n) is 6.56. The second kappa shape index (κ2) is 7.56. The third-order valence-corrected chi connectivity index (χ3v) is 4.38. The normalized spacial score (nSPS) is 12.5. The van der Waals surface area contributed by atoms with Crippen molar-refractivity contribution in [1.82, 2.24) is 0 Å². The van der Waals surface area contributed by atoms with E-state index in [9.17, 15) is 13.0 Å². The van der Waals surface area contributed by atoms with Crippen LogP contribution < -0.4 is 0 Å². The molecule has 0 aliphatic heterocycles. The van der Waals surface area contributed by atoms with Gasteiger partial charge in [-0.25, -0.2) is 0 Å². The summed E-state index contributed by atoms with van der Waals surface area (Å²) < 4.78 is 31.8. The molecule has 2 aromatic rings. The first kappa shape index (κ1) is 18.4. The Labute approximate surface area is 148 Å². The summed E-state index contributed by atoms with van der Waals surface area (Å²) in [5.41, 5.74) is 3.10. The molecule has 108 valence electrons. The molecule has 0 amide bonds. The summed E-state index contributed by atoms with van der Waals surface area (Å²) in [6.07, 6.45) is 0.861. The number of rotatable bonds is 4. The summed E-state index contributed by atoms with van der Waals surface area (Å²) in [5.74, 6) is 0.123. The molecule has 1 N–H and O–H groups in total. The van der Waals surface area contributed by atoms with E-state index in [0.717, 1.165) is 23.1 Å². The van der Waals surface area contributed by atoms with E-state index in [1.165, 1.54) is 6.07 Å². The zero-order valence-corrected chi connectivity index (χ0v) is 12.4. The van der Waals surface area contributed by atoms with Gasteiger partial charge in [0.25, 0.3) is 10.1 Å². The van der Waals surface area contributed by atoms with Gasteiger partial charge in [0.05, 0.1) is 4.90 Å². The molecule has 0 spiro atoms. The quantitative estimate of drug-likeness (QED) is 0.697. The van der Waals surface area contributed by atoms with Gasteiger partial charge in [0.2, 0.25) is 0 Å². The zero-order valence-electron chi connectivity index (χ0n) is 11.6. The van der Waals surface area contributed by atoms with E-state index in [0.29, 0.717) is 0 Å². The van der Waals surface area contributed by atoms with Crippen molar-refractivity contribution < 1.29 is 13.0 Å². The molecule has 0 saturated carbocycles. The van der Waals surface area contributed by atoms with Crippen molar-refractivity contribution in [2.75, 3.05) is 0 Å². The van der Waals surface area contributed by atoms with Crippen LogP contribution in [0.15, 0.2) is 53.4 Å². The average molecular weight is 314 g/mol. The Morgan fingerprint density at radius 1 is 1.10 bits per heavy atom. The van der Waals surface area contributed by atoms with Crippen LogP contribution in [-0.4, -0.2) is 42.5 Å². The van der Waals surface area contributed by atoms with E-state index < -0.39 is 10.1 Å². The Bertz CT molecular complexity index is 697. The Morgan fingerprint density at radius 3 is 2.24 bits per heavy atom. The second-order valence-corrected chi connectivity index (χ2v) is 6.29. The molecule has 0 aromatic heterocycles. The topological polar surface area (TPSA) is 54.4 Å². The fourth-order valence-corrected chi connectivity index (χ4v) is 2.99. The average Bonchev–Trinajstić information content (AvgIpc) is 2.41. The Morgan fingerprint density at radius 2 is 1.71 bits per heavy atom. The van der Waals surface area contributed by atoms with Crippen molar-refractivity contribution in [2.45, 2.75) is 31.1 Å². The number of hydrogen-bond donors (Lipinski definition) is 1. The molecule has 0 aliphatic rings. The van der Waals surface area contributed by atoms with Crippen LogP contribution in [0.4, 0.5) is 0 Å². The van der Waals surface area contributed by atoms with E-state index in [2.05, 4.69) is 6.92 Å². The predicted molar refractivity (Wildman–Crippen MR) is 86.7 cm³/mol. The monoisotopic (exact) mass is 314 g/mol. The molecule has 0 heterocycles. The van der Waals surface area contributed by atoms with Crippen LogP contribution in [0.1, 0.15) is 36.0 Å². The fraction of sp³-hybridized carbons (Fsp3) is 0.250. The molecule has 21 heavy (non-hydrogen) atoms. The van der Waals surface area contributed by atoms with Gasteiger partial charge in [-0.1, -0.05) is 43.3 Å². The summed E-state index contributed by atoms with van der Waals surface area (Å²) in [4.78, 5) is -0.0486.